The predicted octanol–water partition coefficient (Wildman–Crippen LogP) is 3.80. The molecule has 2 atom stereocenters. The SMILES string of the molecule is CCC1CNC(C)(C2CC2)CN1Cc1cccc(Br)c1. The maximum absolute atomic E-state index is 3.83. The van der Waals surface area contributed by atoms with E-state index in [1.54, 1.807) is 0 Å². The average molecular weight is 337 g/mol. The summed E-state index contributed by atoms with van der Waals surface area (Å²) >= 11 is 3.58. The van der Waals surface area contributed by atoms with Crippen LogP contribution in [0.2, 0.25) is 0 Å². The van der Waals surface area contributed by atoms with Gasteiger partial charge in [0.1, 0.15) is 0 Å². The van der Waals surface area contributed by atoms with Crippen LogP contribution in [0.25, 0.3) is 0 Å². The highest BCUT2D eigenvalue weighted by atomic mass is 79.9. The Labute approximate surface area is 131 Å². The summed E-state index contributed by atoms with van der Waals surface area (Å²) < 4.78 is 1.18. The summed E-state index contributed by atoms with van der Waals surface area (Å²) in [6.45, 7) is 8.12. The van der Waals surface area contributed by atoms with Crippen LogP contribution in [-0.4, -0.2) is 29.6 Å². The van der Waals surface area contributed by atoms with Crippen molar-refractivity contribution in [2.75, 3.05) is 13.1 Å². The first-order valence-electron chi connectivity index (χ1n) is 7.84. The molecule has 3 rings (SSSR count). The molecule has 20 heavy (non-hydrogen) atoms. The van der Waals surface area contributed by atoms with E-state index in [1.807, 2.05) is 0 Å². The van der Waals surface area contributed by atoms with Crippen molar-refractivity contribution < 1.29 is 0 Å². The topological polar surface area (TPSA) is 15.3 Å². The maximum atomic E-state index is 3.83. The van der Waals surface area contributed by atoms with E-state index in [0.29, 0.717) is 11.6 Å². The van der Waals surface area contributed by atoms with Crippen molar-refractivity contribution in [3.05, 3.63) is 34.3 Å². The van der Waals surface area contributed by atoms with Crippen molar-refractivity contribution >= 4 is 15.9 Å². The molecule has 0 radical (unpaired) electrons. The first kappa shape index (κ1) is 14.6. The Morgan fingerprint density at radius 2 is 2.20 bits per heavy atom. The van der Waals surface area contributed by atoms with Crippen molar-refractivity contribution in [2.24, 2.45) is 5.92 Å². The van der Waals surface area contributed by atoms with Crippen LogP contribution in [0.4, 0.5) is 0 Å². The summed E-state index contributed by atoms with van der Waals surface area (Å²) in [5, 5.41) is 3.83. The van der Waals surface area contributed by atoms with Crippen molar-refractivity contribution in [1.29, 1.82) is 0 Å². The molecule has 1 heterocycles. The lowest BCUT2D eigenvalue weighted by molar-refractivity contribution is 0.0666. The lowest BCUT2D eigenvalue weighted by atomic mass is 9.90. The molecule has 2 fully saturated rings. The Hall–Kier alpha value is -0.380. The van der Waals surface area contributed by atoms with E-state index in [4.69, 9.17) is 0 Å². The molecule has 2 nitrogen and oxygen atoms in total. The van der Waals surface area contributed by atoms with Gasteiger partial charge in [0.2, 0.25) is 0 Å². The lowest BCUT2D eigenvalue weighted by Crippen LogP contribution is -2.63. The first-order valence-corrected chi connectivity index (χ1v) is 8.63. The van der Waals surface area contributed by atoms with Crippen LogP contribution in [-0.2, 0) is 6.54 Å². The Morgan fingerprint density at radius 1 is 1.40 bits per heavy atom. The zero-order chi connectivity index (χ0) is 14.2. The fourth-order valence-corrected chi connectivity index (χ4v) is 3.98. The monoisotopic (exact) mass is 336 g/mol. The van der Waals surface area contributed by atoms with E-state index in [0.717, 1.165) is 19.0 Å². The second-order valence-corrected chi connectivity index (χ2v) is 7.59. The fraction of sp³-hybridized carbons (Fsp3) is 0.647. The highest BCUT2D eigenvalue weighted by molar-refractivity contribution is 9.10. The number of hydrogen-bond donors (Lipinski definition) is 1. The molecule has 2 unspecified atom stereocenters. The molecule has 1 aliphatic heterocycles. The molecule has 3 heteroatoms. The molecule has 0 spiro atoms. The molecule has 0 bridgehead atoms. The van der Waals surface area contributed by atoms with Gasteiger partial charge < -0.3 is 5.32 Å². The largest absolute Gasteiger partial charge is 0.308 e. The van der Waals surface area contributed by atoms with Crippen LogP contribution < -0.4 is 5.32 Å². The van der Waals surface area contributed by atoms with Gasteiger partial charge in [-0.05, 0) is 49.8 Å². The fourth-order valence-electron chi connectivity index (χ4n) is 3.54. The van der Waals surface area contributed by atoms with Crippen LogP contribution in [0.3, 0.4) is 0 Å². The summed E-state index contributed by atoms with van der Waals surface area (Å²) in [5.41, 5.74) is 1.75. The molecule has 1 saturated carbocycles. The Balaban J connectivity index is 1.73. The minimum absolute atomic E-state index is 0.331. The molecule has 1 saturated heterocycles. The summed E-state index contributed by atoms with van der Waals surface area (Å²) in [6, 6.07) is 9.41. The minimum Gasteiger partial charge on any atom is -0.308 e. The van der Waals surface area contributed by atoms with Crippen LogP contribution >= 0.6 is 15.9 Å². The second kappa shape index (κ2) is 5.78. The normalized spacial score (nSPS) is 31.4. The quantitative estimate of drug-likeness (QED) is 0.899. The van der Waals surface area contributed by atoms with E-state index >= 15 is 0 Å². The minimum atomic E-state index is 0.331. The van der Waals surface area contributed by atoms with Gasteiger partial charge in [0.05, 0.1) is 0 Å². The average Bonchev–Trinajstić information content (AvgIpc) is 3.24. The summed E-state index contributed by atoms with van der Waals surface area (Å²) in [5.74, 6) is 0.894. The van der Waals surface area contributed by atoms with E-state index in [-0.39, 0.29) is 0 Å². The number of nitrogens with zero attached hydrogens (tertiary/aromatic N) is 1. The molecule has 0 aromatic heterocycles. The predicted molar refractivity (Wildman–Crippen MR) is 87.8 cm³/mol. The van der Waals surface area contributed by atoms with Crippen LogP contribution in [0.15, 0.2) is 28.7 Å². The van der Waals surface area contributed by atoms with Gasteiger partial charge in [-0.1, -0.05) is 35.0 Å². The maximum Gasteiger partial charge on any atom is 0.0309 e. The molecule has 0 amide bonds. The Morgan fingerprint density at radius 3 is 2.85 bits per heavy atom. The van der Waals surface area contributed by atoms with Gasteiger partial charge in [0.15, 0.2) is 0 Å². The van der Waals surface area contributed by atoms with Crippen molar-refractivity contribution in [2.45, 2.75) is 51.2 Å². The number of halogens is 1. The molecule has 1 N–H and O–H groups in total. The number of nitrogens with one attached hydrogen (secondary N) is 1. The standard InChI is InChI=1S/C17H25BrN2/c1-3-16-10-19-17(2,14-7-8-14)12-20(16)11-13-5-4-6-15(18)9-13/h4-6,9,14,16,19H,3,7-8,10-12H2,1-2H3. The van der Waals surface area contributed by atoms with Gasteiger partial charge >= 0.3 is 0 Å². The molecular weight excluding hydrogens is 312 g/mol. The zero-order valence-electron chi connectivity index (χ0n) is 12.5. The highest BCUT2D eigenvalue weighted by Crippen LogP contribution is 2.41. The van der Waals surface area contributed by atoms with E-state index < -0.39 is 0 Å². The van der Waals surface area contributed by atoms with Crippen molar-refractivity contribution in [3.63, 3.8) is 0 Å². The second-order valence-electron chi connectivity index (χ2n) is 6.67. The third kappa shape index (κ3) is 3.10. The summed E-state index contributed by atoms with van der Waals surface area (Å²) in [4.78, 5) is 2.69. The third-order valence-corrected chi connectivity index (χ3v) is 5.51. The van der Waals surface area contributed by atoms with Gasteiger partial charge in [0, 0.05) is 35.7 Å². The number of piperazine rings is 1. The number of benzene rings is 1. The Kier molecular flexibility index (Phi) is 4.21. The molecular formula is C17H25BrN2. The lowest BCUT2D eigenvalue weighted by Gasteiger charge is -2.46. The molecule has 1 aliphatic carbocycles. The van der Waals surface area contributed by atoms with Crippen molar-refractivity contribution in [3.8, 4) is 0 Å². The smallest absolute Gasteiger partial charge is 0.0309 e. The van der Waals surface area contributed by atoms with E-state index in [2.05, 4.69) is 64.3 Å². The van der Waals surface area contributed by atoms with Gasteiger partial charge in [-0.25, -0.2) is 0 Å². The van der Waals surface area contributed by atoms with Gasteiger partial charge in [-0.15, -0.1) is 0 Å². The molecule has 1 aromatic rings. The van der Waals surface area contributed by atoms with Crippen molar-refractivity contribution in [1.82, 2.24) is 10.2 Å². The highest BCUT2D eigenvalue weighted by Gasteiger charge is 2.45. The van der Waals surface area contributed by atoms with Gasteiger partial charge in [-0.3, -0.25) is 4.90 Å². The first-order chi connectivity index (χ1) is 9.60. The van der Waals surface area contributed by atoms with E-state index in [9.17, 15) is 0 Å². The summed E-state index contributed by atoms with van der Waals surface area (Å²) in [6.07, 6.45) is 4.04. The molecule has 1 aromatic carbocycles. The zero-order valence-corrected chi connectivity index (χ0v) is 14.1. The number of hydrogen-bond acceptors (Lipinski definition) is 2. The van der Waals surface area contributed by atoms with Crippen LogP contribution in [0, 0.1) is 5.92 Å². The number of rotatable bonds is 4. The molecule has 110 valence electrons. The van der Waals surface area contributed by atoms with Gasteiger partial charge in [-0.2, -0.15) is 0 Å². The Bertz CT molecular complexity index is 472. The van der Waals surface area contributed by atoms with Gasteiger partial charge in [0.25, 0.3) is 0 Å². The summed E-state index contributed by atoms with van der Waals surface area (Å²) in [7, 11) is 0. The van der Waals surface area contributed by atoms with Crippen LogP contribution in [0.1, 0.15) is 38.7 Å². The van der Waals surface area contributed by atoms with E-state index in [1.165, 1.54) is 35.8 Å². The third-order valence-electron chi connectivity index (χ3n) is 5.01. The van der Waals surface area contributed by atoms with Crippen LogP contribution in [0.5, 0.6) is 0 Å². The molecule has 2 aliphatic rings.